The van der Waals surface area contributed by atoms with Gasteiger partial charge in [0, 0.05) is 18.4 Å². The van der Waals surface area contributed by atoms with Gasteiger partial charge in [-0.2, -0.15) is 0 Å². The normalized spacial score (nSPS) is 11.0. The van der Waals surface area contributed by atoms with Gasteiger partial charge in [0.15, 0.2) is 0 Å². The van der Waals surface area contributed by atoms with Gasteiger partial charge in [-0.25, -0.2) is 0 Å². The summed E-state index contributed by atoms with van der Waals surface area (Å²) in [4.78, 5) is 25.5. The number of benzene rings is 1. The smallest absolute Gasteiger partial charge is 0.267 e. The van der Waals surface area contributed by atoms with Crippen molar-refractivity contribution in [2.24, 2.45) is 0 Å². The van der Waals surface area contributed by atoms with Crippen molar-refractivity contribution in [1.82, 2.24) is 14.8 Å². The molecule has 3 aromatic rings. The molecular formula is C18H20N4O3S. The van der Waals surface area contributed by atoms with E-state index in [1.807, 2.05) is 13.8 Å². The highest BCUT2D eigenvalue weighted by atomic mass is 32.1. The zero-order valence-corrected chi connectivity index (χ0v) is 15.5. The van der Waals surface area contributed by atoms with Crippen LogP contribution >= 0.6 is 11.3 Å². The second kappa shape index (κ2) is 7.65. The molecule has 26 heavy (non-hydrogen) atoms. The van der Waals surface area contributed by atoms with Crippen LogP contribution in [-0.2, 0) is 13.0 Å². The number of amides is 1. The molecule has 0 saturated carbocycles. The van der Waals surface area contributed by atoms with Crippen LogP contribution in [0.4, 0.5) is 5.13 Å². The average Bonchev–Trinajstić information content (AvgIpc) is 3.06. The number of hydrogen-bond acceptors (Lipinski definition) is 6. The first-order chi connectivity index (χ1) is 12.6. The molecule has 1 aromatic carbocycles. The quantitative estimate of drug-likeness (QED) is 0.693. The van der Waals surface area contributed by atoms with Gasteiger partial charge in [0.05, 0.1) is 5.52 Å². The van der Waals surface area contributed by atoms with E-state index in [2.05, 4.69) is 15.5 Å². The molecule has 1 amide bonds. The van der Waals surface area contributed by atoms with Crippen molar-refractivity contribution in [2.45, 2.75) is 39.7 Å². The lowest BCUT2D eigenvalue weighted by Crippen LogP contribution is -2.29. The summed E-state index contributed by atoms with van der Waals surface area (Å²) in [6.45, 7) is 4.44. The molecule has 2 aromatic heterocycles. The molecule has 0 fully saturated rings. The van der Waals surface area contributed by atoms with Crippen molar-refractivity contribution in [3.63, 3.8) is 0 Å². The number of rotatable bonds is 6. The van der Waals surface area contributed by atoms with Crippen LogP contribution in [0, 0.1) is 0 Å². The fraction of sp³-hybridized carbons (Fsp3) is 0.333. The van der Waals surface area contributed by atoms with Crippen LogP contribution in [0.25, 0.3) is 10.9 Å². The van der Waals surface area contributed by atoms with E-state index in [9.17, 15) is 14.7 Å². The molecule has 8 heteroatoms. The van der Waals surface area contributed by atoms with Crippen LogP contribution in [-0.4, -0.2) is 25.8 Å². The molecule has 136 valence electrons. The summed E-state index contributed by atoms with van der Waals surface area (Å²) in [5.74, 6) is -0.990. The standard InChI is InChI=1S/C18H20N4O3S/c1-3-7-13-20-21-18(26-13)19-16(24)14-15(23)11-8-5-6-9-12(11)22(10-4-2)17(14)25/h5-6,8-9,23H,3-4,7,10H2,1-2H3,(H,19,21,24). The minimum absolute atomic E-state index is 0.274. The van der Waals surface area contributed by atoms with Gasteiger partial charge >= 0.3 is 0 Å². The van der Waals surface area contributed by atoms with Gasteiger partial charge in [-0.05, 0) is 25.0 Å². The molecule has 7 nitrogen and oxygen atoms in total. The fourth-order valence-electron chi connectivity index (χ4n) is 2.82. The van der Waals surface area contributed by atoms with Crippen molar-refractivity contribution in [1.29, 1.82) is 0 Å². The lowest BCUT2D eigenvalue weighted by Gasteiger charge is -2.13. The summed E-state index contributed by atoms with van der Waals surface area (Å²) < 4.78 is 1.52. The van der Waals surface area contributed by atoms with Crippen LogP contribution in [0.2, 0.25) is 0 Å². The van der Waals surface area contributed by atoms with E-state index >= 15 is 0 Å². The molecule has 0 radical (unpaired) electrons. The minimum Gasteiger partial charge on any atom is -0.506 e. The number of nitrogens with zero attached hydrogens (tertiary/aromatic N) is 3. The summed E-state index contributed by atoms with van der Waals surface area (Å²) in [6, 6.07) is 7.00. The van der Waals surface area contributed by atoms with Crippen molar-refractivity contribution in [3.05, 3.63) is 45.2 Å². The Balaban J connectivity index is 2.05. The van der Waals surface area contributed by atoms with Crippen LogP contribution in [0.3, 0.4) is 0 Å². The number of aromatic hydroxyl groups is 1. The highest BCUT2D eigenvalue weighted by Gasteiger charge is 2.23. The molecular weight excluding hydrogens is 352 g/mol. The Kier molecular flexibility index (Phi) is 5.32. The fourth-order valence-corrected chi connectivity index (χ4v) is 3.65. The number of hydrogen-bond donors (Lipinski definition) is 2. The molecule has 0 unspecified atom stereocenters. The van der Waals surface area contributed by atoms with E-state index in [-0.39, 0.29) is 11.3 Å². The first kappa shape index (κ1) is 18.1. The molecule has 0 saturated heterocycles. The minimum atomic E-state index is -0.678. The summed E-state index contributed by atoms with van der Waals surface area (Å²) >= 11 is 1.27. The van der Waals surface area contributed by atoms with Gasteiger partial charge in [0.25, 0.3) is 11.5 Å². The van der Waals surface area contributed by atoms with Crippen molar-refractivity contribution >= 4 is 33.3 Å². The van der Waals surface area contributed by atoms with E-state index in [4.69, 9.17) is 0 Å². The Morgan fingerprint density at radius 3 is 2.73 bits per heavy atom. The third-order valence-electron chi connectivity index (χ3n) is 3.97. The van der Waals surface area contributed by atoms with Crippen LogP contribution in [0.15, 0.2) is 29.1 Å². The third kappa shape index (κ3) is 3.32. The topological polar surface area (TPSA) is 97.1 Å². The number of para-hydroxylation sites is 1. The Bertz CT molecular complexity index is 1010. The Morgan fingerprint density at radius 2 is 2.00 bits per heavy atom. The largest absolute Gasteiger partial charge is 0.506 e. The Morgan fingerprint density at radius 1 is 1.23 bits per heavy atom. The van der Waals surface area contributed by atoms with Gasteiger partial charge in [-0.3, -0.25) is 14.9 Å². The lowest BCUT2D eigenvalue weighted by molar-refractivity contribution is 0.102. The predicted molar refractivity (Wildman–Crippen MR) is 102 cm³/mol. The summed E-state index contributed by atoms with van der Waals surface area (Å²) in [7, 11) is 0. The van der Waals surface area contributed by atoms with E-state index < -0.39 is 11.5 Å². The van der Waals surface area contributed by atoms with E-state index in [0.29, 0.717) is 22.6 Å². The van der Waals surface area contributed by atoms with Crippen LogP contribution in [0.5, 0.6) is 5.75 Å². The zero-order valence-electron chi connectivity index (χ0n) is 14.7. The van der Waals surface area contributed by atoms with Gasteiger partial charge in [-0.1, -0.05) is 37.3 Å². The molecule has 3 rings (SSSR count). The molecule has 0 aliphatic carbocycles. The third-order valence-corrected chi connectivity index (χ3v) is 4.87. The SMILES string of the molecule is CCCc1nnc(NC(=O)c2c(O)c3ccccc3n(CCC)c2=O)s1. The number of carbonyl (C=O) groups is 1. The first-order valence-electron chi connectivity index (χ1n) is 8.55. The Hall–Kier alpha value is -2.74. The first-order valence-corrected chi connectivity index (χ1v) is 9.36. The van der Waals surface area contributed by atoms with Crippen molar-refractivity contribution in [3.8, 4) is 5.75 Å². The highest BCUT2D eigenvalue weighted by Crippen LogP contribution is 2.27. The van der Waals surface area contributed by atoms with Gasteiger partial charge in [0.1, 0.15) is 16.3 Å². The zero-order chi connectivity index (χ0) is 18.7. The average molecular weight is 372 g/mol. The number of nitrogens with one attached hydrogen (secondary N) is 1. The van der Waals surface area contributed by atoms with E-state index in [1.165, 1.54) is 15.9 Å². The number of anilines is 1. The molecule has 0 atom stereocenters. The maximum absolute atomic E-state index is 12.8. The van der Waals surface area contributed by atoms with Gasteiger partial charge in [-0.15, -0.1) is 10.2 Å². The van der Waals surface area contributed by atoms with Crippen molar-refractivity contribution in [2.75, 3.05) is 5.32 Å². The molecule has 0 aliphatic heterocycles. The number of pyridine rings is 1. The lowest BCUT2D eigenvalue weighted by atomic mass is 10.1. The van der Waals surface area contributed by atoms with Crippen LogP contribution < -0.4 is 10.9 Å². The second-order valence-corrected chi connectivity index (χ2v) is 6.96. The Labute approximate surface area is 154 Å². The maximum Gasteiger partial charge on any atom is 0.267 e. The number of carbonyl (C=O) groups excluding carboxylic acids is 1. The van der Waals surface area contributed by atoms with Gasteiger partial charge in [0.2, 0.25) is 5.13 Å². The molecule has 0 spiro atoms. The predicted octanol–water partition coefficient (Wildman–Crippen LogP) is 3.17. The number of aromatic nitrogens is 3. The molecule has 0 bridgehead atoms. The summed E-state index contributed by atoms with van der Waals surface area (Å²) in [5.41, 5.74) is -0.183. The van der Waals surface area contributed by atoms with Crippen LogP contribution in [0.1, 0.15) is 42.1 Å². The van der Waals surface area contributed by atoms with Crippen molar-refractivity contribution < 1.29 is 9.90 Å². The summed E-state index contributed by atoms with van der Waals surface area (Å²) in [5, 5.41) is 22.7. The monoisotopic (exact) mass is 372 g/mol. The molecule has 0 aliphatic rings. The van der Waals surface area contributed by atoms with E-state index in [1.54, 1.807) is 24.3 Å². The molecule has 2 N–H and O–H groups in total. The van der Waals surface area contributed by atoms with E-state index in [0.717, 1.165) is 24.3 Å². The molecule has 2 heterocycles. The number of fused-ring (bicyclic) bond motifs is 1. The maximum atomic E-state index is 12.8. The van der Waals surface area contributed by atoms with Gasteiger partial charge < -0.3 is 9.67 Å². The highest BCUT2D eigenvalue weighted by molar-refractivity contribution is 7.15. The number of aryl methyl sites for hydroxylation is 2. The second-order valence-electron chi connectivity index (χ2n) is 5.90. The summed E-state index contributed by atoms with van der Waals surface area (Å²) in [6.07, 6.45) is 2.43.